The number of halogens is 1. The zero-order chi connectivity index (χ0) is 13.8. The zero-order valence-corrected chi connectivity index (χ0v) is 15.0. The van der Waals surface area contributed by atoms with Gasteiger partial charge in [-0.25, -0.2) is 0 Å². The van der Waals surface area contributed by atoms with E-state index in [0.29, 0.717) is 11.9 Å². The fourth-order valence-electron chi connectivity index (χ4n) is 2.91. The molecular weight excluding hydrogens is 365 g/mol. The van der Waals surface area contributed by atoms with E-state index < -0.39 is 0 Å². The molecule has 2 fully saturated rings. The number of hydrogen-bond acceptors (Lipinski definition) is 2. The van der Waals surface area contributed by atoms with Gasteiger partial charge in [-0.05, 0) is 32.1 Å². The molecule has 2 heterocycles. The van der Waals surface area contributed by atoms with Crippen molar-refractivity contribution in [1.29, 1.82) is 0 Å². The third-order valence-corrected chi connectivity index (χ3v) is 4.30. The fourth-order valence-corrected chi connectivity index (χ4v) is 2.91. The smallest absolute Gasteiger partial charge is 0.191 e. The molecule has 0 aromatic carbocycles. The van der Waals surface area contributed by atoms with Crippen LogP contribution in [0.15, 0.2) is 17.1 Å². The molecule has 2 unspecified atom stereocenters. The van der Waals surface area contributed by atoms with E-state index in [9.17, 15) is 0 Å². The minimum Gasteiger partial charge on any atom is -0.374 e. The maximum Gasteiger partial charge on any atom is 0.191 e. The van der Waals surface area contributed by atoms with Crippen molar-refractivity contribution in [1.82, 2.24) is 4.90 Å². The molecule has 20 heavy (non-hydrogen) atoms. The predicted molar refractivity (Wildman–Crippen MR) is 94.5 cm³/mol. The van der Waals surface area contributed by atoms with Crippen LogP contribution >= 0.6 is 24.0 Å². The van der Waals surface area contributed by atoms with Crippen LogP contribution in [-0.2, 0) is 4.74 Å². The van der Waals surface area contributed by atoms with Gasteiger partial charge < -0.3 is 15.4 Å². The highest BCUT2D eigenvalue weighted by molar-refractivity contribution is 14.0. The van der Waals surface area contributed by atoms with Crippen LogP contribution in [0.2, 0.25) is 0 Å². The largest absolute Gasteiger partial charge is 0.374 e. The Morgan fingerprint density at radius 2 is 2.00 bits per heavy atom. The number of guanidine groups is 1. The van der Waals surface area contributed by atoms with Gasteiger partial charge in [-0.15, -0.1) is 24.0 Å². The molecule has 0 bridgehead atoms. The summed E-state index contributed by atoms with van der Waals surface area (Å²) >= 11 is 0. The Balaban J connectivity index is 0.00000200. The number of piperidine rings is 1. The topological polar surface area (TPSA) is 50.9 Å². The SMILES string of the molecule is C=C(C)C1OCCC1CN=C(N)N1CCC(C)CC1.I. The Morgan fingerprint density at radius 3 is 2.60 bits per heavy atom. The molecule has 2 N–H and O–H groups in total. The van der Waals surface area contributed by atoms with E-state index in [2.05, 4.69) is 23.4 Å². The second-order valence-corrected chi connectivity index (χ2v) is 6.05. The first kappa shape index (κ1) is 17.8. The second-order valence-electron chi connectivity index (χ2n) is 6.05. The van der Waals surface area contributed by atoms with Gasteiger partial charge >= 0.3 is 0 Å². The third kappa shape index (κ3) is 4.62. The van der Waals surface area contributed by atoms with Gasteiger partial charge in [0.05, 0.1) is 6.10 Å². The molecule has 0 aromatic heterocycles. The quantitative estimate of drug-likeness (QED) is 0.347. The molecule has 2 aliphatic heterocycles. The van der Waals surface area contributed by atoms with Crippen LogP contribution in [0.3, 0.4) is 0 Å². The monoisotopic (exact) mass is 393 g/mol. The number of nitrogens with zero attached hydrogens (tertiary/aromatic N) is 2. The minimum absolute atomic E-state index is 0. The second kappa shape index (κ2) is 8.22. The summed E-state index contributed by atoms with van der Waals surface area (Å²) in [4.78, 5) is 6.80. The first-order chi connectivity index (χ1) is 9.08. The zero-order valence-electron chi connectivity index (χ0n) is 12.7. The van der Waals surface area contributed by atoms with E-state index in [-0.39, 0.29) is 30.1 Å². The summed E-state index contributed by atoms with van der Waals surface area (Å²) in [5.41, 5.74) is 7.21. The Kier molecular flexibility index (Phi) is 7.29. The Labute approximate surface area is 139 Å². The Morgan fingerprint density at radius 1 is 1.35 bits per heavy atom. The van der Waals surface area contributed by atoms with Gasteiger partial charge in [-0.3, -0.25) is 4.99 Å². The molecule has 0 saturated carbocycles. The van der Waals surface area contributed by atoms with E-state index in [1.165, 1.54) is 12.8 Å². The average molecular weight is 393 g/mol. The molecular formula is C15H28IN3O. The summed E-state index contributed by atoms with van der Waals surface area (Å²) in [7, 11) is 0. The lowest BCUT2D eigenvalue weighted by molar-refractivity contribution is 0.120. The van der Waals surface area contributed by atoms with E-state index in [4.69, 9.17) is 10.5 Å². The summed E-state index contributed by atoms with van der Waals surface area (Å²) in [5.74, 6) is 1.97. The molecule has 0 aromatic rings. The maximum atomic E-state index is 6.11. The number of nitrogens with two attached hydrogens (primary N) is 1. The van der Waals surface area contributed by atoms with Crippen molar-refractivity contribution >= 4 is 29.9 Å². The maximum absolute atomic E-state index is 6.11. The highest BCUT2D eigenvalue weighted by atomic mass is 127. The van der Waals surface area contributed by atoms with Crippen LogP contribution in [0, 0.1) is 11.8 Å². The van der Waals surface area contributed by atoms with Crippen LogP contribution in [0.25, 0.3) is 0 Å². The van der Waals surface area contributed by atoms with Crippen molar-refractivity contribution in [3.63, 3.8) is 0 Å². The van der Waals surface area contributed by atoms with Gasteiger partial charge in [0, 0.05) is 32.2 Å². The molecule has 4 nitrogen and oxygen atoms in total. The molecule has 2 atom stereocenters. The van der Waals surface area contributed by atoms with Gasteiger partial charge in [0.1, 0.15) is 0 Å². The van der Waals surface area contributed by atoms with Crippen LogP contribution in [0.1, 0.15) is 33.1 Å². The van der Waals surface area contributed by atoms with Gasteiger partial charge in [0.25, 0.3) is 0 Å². The van der Waals surface area contributed by atoms with E-state index in [1.54, 1.807) is 0 Å². The van der Waals surface area contributed by atoms with E-state index in [0.717, 1.165) is 44.2 Å². The van der Waals surface area contributed by atoms with Crippen molar-refractivity contribution < 1.29 is 4.74 Å². The third-order valence-electron chi connectivity index (χ3n) is 4.30. The Hall–Kier alpha value is -0.300. The Bertz CT molecular complexity index is 351. The highest BCUT2D eigenvalue weighted by Gasteiger charge is 2.28. The average Bonchev–Trinajstić information content (AvgIpc) is 2.85. The van der Waals surface area contributed by atoms with Gasteiger partial charge in [0.15, 0.2) is 5.96 Å². The van der Waals surface area contributed by atoms with Crippen molar-refractivity contribution in [3.05, 3.63) is 12.2 Å². The van der Waals surface area contributed by atoms with Crippen molar-refractivity contribution in [2.75, 3.05) is 26.2 Å². The lowest BCUT2D eigenvalue weighted by Crippen LogP contribution is -2.42. The molecule has 0 aliphatic carbocycles. The number of ether oxygens (including phenoxy) is 1. The number of likely N-dealkylation sites (tertiary alicyclic amines) is 1. The number of aliphatic imine (C=N–C) groups is 1. The van der Waals surface area contributed by atoms with Crippen LogP contribution < -0.4 is 5.73 Å². The predicted octanol–water partition coefficient (Wildman–Crippen LogP) is 2.63. The lowest BCUT2D eigenvalue weighted by atomic mass is 9.97. The van der Waals surface area contributed by atoms with E-state index in [1.807, 2.05) is 6.92 Å². The summed E-state index contributed by atoms with van der Waals surface area (Å²) < 4.78 is 5.70. The molecule has 116 valence electrons. The van der Waals surface area contributed by atoms with Crippen molar-refractivity contribution in [2.45, 2.75) is 39.2 Å². The molecule has 5 heteroatoms. The molecule has 0 radical (unpaired) electrons. The summed E-state index contributed by atoms with van der Waals surface area (Å²) in [5, 5.41) is 0. The van der Waals surface area contributed by atoms with Crippen molar-refractivity contribution in [2.24, 2.45) is 22.6 Å². The normalized spacial score (nSPS) is 28.3. The lowest BCUT2D eigenvalue weighted by Gasteiger charge is -2.31. The van der Waals surface area contributed by atoms with Gasteiger partial charge in [0.2, 0.25) is 0 Å². The van der Waals surface area contributed by atoms with Gasteiger partial charge in [-0.2, -0.15) is 0 Å². The molecule has 0 amide bonds. The van der Waals surface area contributed by atoms with E-state index >= 15 is 0 Å². The number of rotatable bonds is 3. The number of hydrogen-bond donors (Lipinski definition) is 1. The minimum atomic E-state index is 0. The summed E-state index contributed by atoms with van der Waals surface area (Å²) in [6, 6.07) is 0. The van der Waals surface area contributed by atoms with Crippen LogP contribution in [-0.4, -0.2) is 43.2 Å². The summed E-state index contributed by atoms with van der Waals surface area (Å²) in [6.45, 7) is 12.0. The standard InChI is InChI=1S/C15H27N3O.HI/c1-11(2)14-13(6-9-19-14)10-17-15(16)18-7-4-12(3)5-8-18;/h12-14H,1,4-10H2,2-3H3,(H2,16,17);1H. The van der Waals surface area contributed by atoms with Crippen LogP contribution in [0.4, 0.5) is 0 Å². The molecule has 2 rings (SSSR count). The first-order valence-electron chi connectivity index (χ1n) is 7.39. The summed E-state index contributed by atoms with van der Waals surface area (Å²) in [6.07, 6.45) is 3.66. The molecule has 2 saturated heterocycles. The highest BCUT2D eigenvalue weighted by Crippen LogP contribution is 2.26. The fraction of sp³-hybridized carbons (Fsp3) is 0.800. The van der Waals surface area contributed by atoms with Gasteiger partial charge in [-0.1, -0.05) is 19.1 Å². The molecule has 0 spiro atoms. The van der Waals surface area contributed by atoms with Crippen molar-refractivity contribution in [3.8, 4) is 0 Å². The molecule has 2 aliphatic rings. The van der Waals surface area contributed by atoms with Crippen LogP contribution in [0.5, 0.6) is 0 Å². The first-order valence-corrected chi connectivity index (χ1v) is 7.39.